The highest BCUT2D eigenvalue weighted by atomic mass is 19.2. The number of hydrogen-bond acceptors (Lipinski definition) is 7. The van der Waals surface area contributed by atoms with E-state index in [9.17, 15) is 22.8 Å². The van der Waals surface area contributed by atoms with Crippen molar-refractivity contribution < 1.29 is 22.5 Å². The number of carbonyl (C=O) groups excluding carboxylic acids is 1. The maximum Gasteiger partial charge on any atom is 0.263 e. The van der Waals surface area contributed by atoms with Crippen LogP contribution in [0.3, 0.4) is 0 Å². The molecule has 1 amide bonds. The van der Waals surface area contributed by atoms with E-state index < -0.39 is 28.9 Å². The fourth-order valence-electron chi connectivity index (χ4n) is 3.88. The third-order valence-corrected chi connectivity index (χ3v) is 5.53. The van der Waals surface area contributed by atoms with Gasteiger partial charge in [0.15, 0.2) is 23.3 Å². The lowest BCUT2D eigenvalue weighted by atomic mass is 10.1. The van der Waals surface area contributed by atoms with Crippen LogP contribution >= 0.6 is 0 Å². The number of aromatic nitrogens is 4. The first-order valence-corrected chi connectivity index (χ1v) is 10.7. The number of fused-ring (bicyclic) bond motifs is 1. The summed E-state index contributed by atoms with van der Waals surface area (Å²) in [6.45, 7) is -0.476. The van der Waals surface area contributed by atoms with Crippen LogP contribution in [-0.2, 0) is 19.5 Å². The molecule has 1 aliphatic rings. The molecule has 3 N–H and O–H groups in total. The summed E-state index contributed by atoms with van der Waals surface area (Å²) < 4.78 is 46.6. The van der Waals surface area contributed by atoms with Crippen molar-refractivity contribution in [2.24, 2.45) is 0 Å². The summed E-state index contributed by atoms with van der Waals surface area (Å²) in [6.07, 6.45) is 5.47. The second kappa shape index (κ2) is 9.13. The number of allylic oxidation sites excluding steroid dienone is 1. The quantitative estimate of drug-likeness (QED) is 0.394. The largest absolute Gasteiger partial charge is 0.398 e. The molecule has 0 radical (unpaired) electrons. The molecule has 0 saturated carbocycles. The lowest BCUT2D eigenvalue weighted by Gasteiger charge is -2.11. The molecule has 3 aromatic heterocycles. The summed E-state index contributed by atoms with van der Waals surface area (Å²) in [4.78, 5) is 34.1. The molecule has 0 bridgehead atoms. The van der Waals surface area contributed by atoms with Gasteiger partial charge in [-0.05, 0) is 29.8 Å². The van der Waals surface area contributed by atoms with Gasteiger partial charge in [-0.1, -0.05) is 17.3 Å². The average molecular weight is 494 g/mol. The molecule has 5 rings (SSSR count). The molecule has 0 unspecified atom stereocenters. The predicted molar refractivity (Wildman–Crippen MR) is 121 cm³/mol. The zero-order valence-corrected chi connectivity index (χ0v) is 18.5. The van der Waals surface area contributed by atoms with Crippen molar-refractivity contribution in [3.05, 3.63) is 111 Å². The fraction of sp³-hybridized carbons (Fsp3) is 0.125. The highest BCUT2D eigenvalue weighted by molar-refractivity contribution is 5.94. The van der Waals surface area contributed by atoms with Crippen LogP contribution in [0.4, 0.5) is 18.9 Å². The normalized spacial score (nSPS) is 12.4. The summed E-state index contributed by atoms with van der Waals surface area (Å²) in [5.74, 6) is -4.72. The number of anilines is 1. The van der Waals surface area contributed by atoms with Crippen LogP contribution in [0.15, 0.2) is 58.1 Å². The van der Waals surface area contributed by atoms with Crippen molar-refractivity contribution >= 4 is 17.2 Å². The van der Waals surface area contributed by atoms with Crippen LogP contribution in [0.25, 0.3) is 5.57 Å². The number of benzene rings is 1. The van der Waals surface area contributed by atoms with Gasteiger partial charge in [0, 0.05) is 35.6 Å². The van der Waals surface area contributed by atoms with E-state index in [4.69, 9.17) is 10.3 Å². The van der Waals surface area contributed by atoms with Gasteiger partial charge in [-0.15, -0.1) is 0 Å². The van der Waals surface area contributed by atoms with E-state index >= 15 is 0 Å². The van der Waals surface area contributed by atoms with Crippen molar-refractivity contribution in [1.82, 2.24) is 25.0 Å². The second-order valence-corrected chi connectivity index (χ2v) is 8.01. The number of amides is 1. The van der Waals surface area contributed by atoms with Gasteiger partial charge in [0.05, 0.1) is 18.8 Å². The molecule has 0 atom stereocenters. The monoisotopic (exact) mass is 494 g/mol. The molecule has 12 heteroatoms. The van der Waals surface area contributed by atoms with E-state index in [0.717, 1.165) is 33.5 Å². The second-order valence-electron chi connectivity index (χ2n) is 8.01. The third kappa shape index (κ3) is 4.35. The van der Waals surface area contributed by atoms with Gasteiger partial charge in [-0.3, -0.25) is 14.6 Å². The minimum absolute atomic E-state index is 0.0252. The molecule has 9 nitrogen and oxygen atoms in total. The van der Waals surface area contributed by atoms with Crippen LogP contribution < -0.4 is 16.6 Å². The van der Waals surface area contributed by atoms with Gasteiger partial charge >= 0.3 is 0 Å². The maximum atomic E-state index is 13.5. The molecule has 0 saturated heterocycles. The number of nitrogens with zero attached hydrogens (tertiary/aromatic N) is 4. The summed E-state index contributed by atoms with van der Waals surface area (Å²) in [5.41, 5.74) is 7.32. The Hall–Kier alpha value is -4.74. The van der Waals surface area contributed by atoms with Crippen LogP contribution in [0.1, 0.15) is 38.9 Å². The van der Waals surface area contributed by atoms with Gasteiger partial charge in [-0.2, -0.15) is 4.98 Å². The number of hydrogen-bond donors (Lipinski definition) is 2. The summed E-state index contributed by atoms with van der Waals surface area (Å²) in [7, 11) is 0. The average Bonchev–Trinajstić information content (AvgIpc) is 3.50. The van der Waals surface area contributed by atoms with Gasteiger partial charge in [-0.25, -0.2) is 13.2 Å². The van der Waals surface area contributed by atoms with Crippen LogP contribution in [-0.4, -0.2) is 25.6 Å². The van der Waals surface area contributed by atoms with Gasteiger partial charge < -0.3 is 20.1 Å². The maximum absolute atomic E-state index is 13.5. The molecule has 0 fully saturated rings. The highest BCUT2D eigenvalue weighted by Gasteiger charge is 2.22. The zero-order valence-electron chi connectivity index (χ0n) is 18.5. The first-order chi connectivity index (χ1) is 17.3. The van der Waals surface area contributed by atoms with Crippen LogP contribution in [0.2, 0.25) is 0 Å². The third-order valence-electron chi connectivity index (χ3n) is 5.53. The van der Waals surface area contributed by atoms with Crippen molar-refractivity contribution in [1.29, 1.82) is 0 Å². The fourth-order valence-corrected chi connectivity index (χ4v) is 3.88. The minimum atomic E-state index is -1.62. The van der Waals surface area contributed by atoms with Crippen molar-refractivity contribution in [3.63, 3.8) is 0 Å². The highest BCUT2D eigenvalue weighted by Crippen LogP contribution is 2.30. The lowest BCUT2D eigenvalue weighted by molar-refractivity contribution is 0.0947. The van der Waals surface area contributed by atoms with Gasteiger partial charge in [0.1, 0.15) is 5.56 Å². The summed E-state index contributed by atoms with van der Waals surface area (Å²) >= 11 is 0. The Bertz CT molecular complexity index is 1570. The van der Waals surface area contributed by atoms with Crippen molar-refractivity contribution in [2.45, 2.75) is 19.5 Å². The molecule has 1 aromatic carbocycles. The van der Waals surface area contributed by atoms with Crippen LogP contribution in [0, 0.1) is 17.5 Å². The van der Waals surface area contributed by atoms with Gasteiger partial charge in [0.25, 0.3) is 17.4 Å². The minimum Gasteiger partial charge on any atom is -0.398 e. The predicted octanol–water partition coefficient (Wildman–Crippen LogP) is 2.59. The number of pyridine rings is 2. The summed E-state index contributed by atoms with van der Waals surface area (Å²) in [6, 6.07) is 6.39. The van der Waals surface area contributed by atoms with E-state index in [1.165, 1.54) is 12.3 Å². The van der Waals surface area contributed by atoms with Gasteiger partial charge in [0.2, 0.25) is 0 Å². The van der Waals surface area contributed by atoms with Crippen molar-refractivity contribution in [2.75, 3.05) is 5.73 Å². The first-order valence-electron chi connectivity index (χ1n) is 10.7. The SMILES string of the molecule is Nc1cc(C(=O)NCc2noc(C3=CCc4ncccc43)n2)c(=O)n(Cc2cc(F)c(F)c(F)c2)c1. The molecule has 4 aromatic rings. The number of rotatable bonds is 6. The number of halogens is 3. The molecule has 0 aliphatic heterocycles. The van der Waals surface area contributed by atoms with E-state index in [-0.39, 0.29) is 41.6 Å². The Labute approximate surface area is 201 Å². The molecule has 182 valence electrons. The Kier molecular flexibility index (Phi) is 5.84. The zero-order chi connectivity index (χ0) is 25.4. The Morgan fingerprint density at radius 1 is 1.19 bits per heavy atom. The Balaban J connectivity index is 1.31. The van der Waals surface area contributed by atoms with Crippen LogP contribution in [0.5, 0.6) is 0 Å². The molecule has 0 spiro atoms. The molecular formula is C24H17F3N6O3. The number of nitrogens with two attached hydrogens (primary N) is 1. The van der Waals surface area contributed by atoms with E-state index in [1.54, 1.807) is 12.3 Å². The van der Waals surface area contributed by atoms with E-state index in [1.807, 2.05) is 12.1 Å². The smallest absolute Gasteiger partial charge is 0.263 e. The number of carbonyl (C=O) groups is 1. The van der Waals surface area contributed by atoms with Crippen molar-refractivity contribution in [3.8, 4) is 0 Å². The number of nitrogen functional groups attached to an aromatic ring is 1. The molecule has 36 heavy (non-hydrogen) atoms. The lowest BCUT2D eigenvalue weighted by Crippen LogP contribution is -2.33. The summed E-state index contributed by atoms with van der Waals surface area (Å²) in [5, 5.41) is 6.39. The first kappa shape index (κ1) is 23.0. The molecular weight excluding hydrogens is 477 g/mol. The standard InChI is InChI=1S/C24H17F3N6O3/c25-17-6-12(7-18(26)21(17)27)10-33-11-13(28)8-16(24(33)35)22(34)30-9-20-31-23(36-32-20)15-3-4-19-14(15)2-1-5-29-19/h1-3,5-8,11H,4,9-10,28H2,(H,30,34). The molecule has 3 heterocycles. The molecule has 1 aliphatic carbocycles. The Morgan fingerprint density at radius 2 is 1.97 bits per heavy atom. The Morgan fingerprint density at radius 3 is 2.75 bits per heavy atom. The van der Waals surface area contributed by atoms with E-state index in [2.05, 4.69) is 20.4 Å². The van der Waals surface area contributed by atoms with E-state index in [0.29, 0.717) is 6.42 Å². The topological polar surface area (TPSA) is 129 Å². The number of nitrogens with one attached hydrogen (secondary N) is 1.